The topological polar surface area (TPSA) is 76.7 Å². The van der Waals surface area contributed by atoms with Crippen molar-refractivity contribution in [1.82, 2.24) is 5.32 Å². The monoisotopic (exact) mass is 344 g/mol. The molecule has 0 radical (unpaired) electrons. The standard InChI is InChI=1S/C20H28N2O3/c1-4-16-10-15(6-5-9-23)7-8-17(16)18(21)11-22-12-19-24-13-20(2,3)14-25-19/h7-8,10-11,19,22-23H,4,9,12-14,21H2,1-3H3/b18-11-. The van der Waals surface area contributed by atoms with Crippen molar-refractivity contribution in [2.75, 3.05) is 26.4 Å². The van der Waals surface area contributed by atoms with E-state index >= 15 is 0 Å². The van der Waals surface area contributed by atoms with E-state index in [4.69, 9.17) is 20.3 Å². The second-order valence-corrected chi connectivity index (χ2v) is 6.91. The smallest absolute Gasteiger partial charge is 0.174 e. The largest absolute Gasteiger partial charge is 0.397 e. The Hall–Kier alpha value is -2.00. The normalized spacial score (nSPS) is 17.7. The van der Waals surface area contributed by atoms with E-state index in [1.165, 1.54) is 0 Å². The summed E-state index contributed by atoms with van der Waals surface area (Å²) in [4.78, 5) is 0. The van der Waals surface area contributed by atoms with Gasteiger partial charge < -0.3 is 25.6 Å². The number of hydrogen-bond donors (Lipinski definition) is 3. The molecule has 0 unspecified atom stereocenters. The van der Waals surface area contributed by atoms with Gasteiger partial charge in [0, 0.05) is 22.7 Å². The summed E-state index contributed by atoms with van der Waals surface area (Å²) in [6.07, 6.45) is 2.39. The van der Waals surface area contributed by atoms with Crippen LogP contribution in [0, 0.1) is 17.3 Å². The molecule has 0 spiro atoms. The molecule has 5 nitrogen and oxygen atoms in total. The van der Waals surface area contributed by atoms with E-state index in [2.05, 4.69) is 37.9 Å². The average Bonchev–Trinajstić information content (AvgIpc) is 2.61. The van der Waals surface area contributed by atoms with Gasteiger partial charge in [0.1, 0.15) is 6.61 Å². The van der Waals surface area contributed by atoms with Crippen LogP contribution in [0.4, 0.5) is 0 Å². The van der Waals surface area contributed by atoms with Crippen LogP contribution in [-0.2, 0) is 15.9 Å². The molecule has 1 aliphatic rings. The number of aryl methyl sites for hydroxylation is 1. The first kappa shape index (κ1) is 19.3. The minimum atomic E-state index is -0.251. The molecule has 1 fully saturated rings. The van der Waals surface area contributed by atoms with Crippen LogP contribution in [-0.4, -0.2) is 37.8 Å². The second kappa shape index (κ2) is 8.91. The van der Waals surface area contributed by atoms with Gasteiger partial charge in [0.15, 0.2) is 6.29 Å². The summed E-state index contributed by atoms with van der Waals surface area (Å²) in [5, 5.41) is 12.0. The summed E-state index contributed by atoms with van der Waals surface area (Å²) in [6, 6.07) is 5.88. The molecular weight excluding hydrogens is 316 g/mol. The molecule has 1 aromatic rings. The highest BCUT2D eigenvalue weighted by atomic mass is 16.7. The fourth-order valence-electron chi connectivity index (χ4n) is 2.57. The van der Waals surface area contributed by atoms with Crippen LogP contribution in [0.25, 0.3) is 5.70 Å². The first-order valence-electron chi connectivity index (χ1n) is 8.60. The van der Waals surface area contributed by atoms with Crippen molar-refractivity contribution in [3.8, 4) is 11.8 Å². The van der Waals surface area contributed by atoms with E-state index in [1.54, 1.807) is 6.20 Å². The highest BCUT2D eigenvalue weighted by molar-refractivity contribution is 5.66. The number of benzene rings is 1. The first-order chi connectivity index (χ1) is 11.9. The number of nitrogens with one attached hydrogen (secondary N) is 1. The molecule has 1 heterocycles. The molecule has 0 bridgehead atoms. The van der Waals surface area contributed by atoms with Crippen LogP contribution in [0.5, 0.6) is 0 Å². The lowest BCUT2D eigenvalue weighted by atomic mass is 9.96. The predicted octanol–water partition coefficient (Wildman–Crippen LogP) is 1.84. The van der Waals surface area contributed by atoms with Gasteiger partial charge in [-0.1, -0.05) is 38.7 Å². The lowest BCUT2D eigenvalue weighted by molar-refractivity contribution is -0.217. The van der Waals surface area contributed by atoms with Crippen molar-refractivity contribution in [3.63, 3.8) is 0 Å². The van der Waals surface area contributed by atoms with Crippen LogP contribution >= 0.6 is 0 Å². The zero-order valence-electron chi connectivity index (χ0n) is 15.3. The van der Waals surface area contributed by atoms with Crippen molar-refractivity contribution in [3.05, 3.63) is 41.1 Å². The molecule has 0 saturated carbocycles. The van der Waals surface area contributed by atoms with E-state index < -0.39 is 0 Å². The van der Waals surface area contributed by atoms with E-state index in [0.29, 0.717) is 25.5 Å². The minimum Gasteiger partial charge on any atom is -0.397 e. The number of nitrogens with two attached hydrogens (primary N) is 1. The zero-order valence-corrected chi connectivity index (χ0v) is 15.3. The molecule has 0 amide bonds. The van der Waals surface area contributed by atoms with Crippen LogP contribution in [0.2, 0.25) is 0 Å². The Kier molecular flexibility index (Phi) is 6.89. The minimum absolute atomic E-state index is 0.0715. The molecule has 5 heteroatoms. The van der Waals surface area contributed by atoms with Crippen molar-refractivity contribution >= 4 is 5.70 Å². The van der Waals surface area contributed by atoms with Crippen molar-refractivity contribution in [2.45, 2.75) is 33.5 Å². The molecule has 2 rings (SSSR count). The summed E-state index contributed by atoms with van der Waals surface area (Å²) >= 11 is 0. The summed E-state index contributed by atoms with van der Waals surface area (Å²) in [5.41, 5.74) is 9.93. The average molecular weight is 344 g/mol. The number of hydrogen-bond acceptors (Lipinski definition) is 5. The van der Waals surface area contributed by atoms with Gasteiger partial charge in [-0.05, 0) is 24.1 Å². The molecule has 0 aliphatic carbocycles. The molecule has 1 aliphatic heterocycles. The van der Waals surface area contributed by atoms with Crippen molar-refractivity contribution < 1.29 is 14.6 Å². The number of ether oxygens (including phenoxy) is 2. The predicted molar refractivity (Wildman–Crippen MR) is 99.4 cm³/mol. The fraction of sp³-hybridized carbons (Fsp3) is 0.500. The quantitative estimate of drug-likeness (QED) is 0.711. The molecule has 136 valence electrons. The first-order valence-corrected chi connectivity index (χ1v) is 8.60. The third-order valence-corrected chi connectivity index (χ3v) is 3.97. The third-order valence-electron chi connectivity index (χ3n) is 3.97. The molecule has 1 saturated heterocycles. The van der Waals surface area contributed by atoms with Gasteiger partial charge in [0.2, 0.25) is 0 Å². The van der Waals surface area contributed by atoms with Crippen molar-refractivity contribution in [2.24, 2.45) is 11.1 Å². The Labute approximate surface area is 150 Å². The summed E-state index contributed by atoms with van der Waals surface area (Å²) in [6.45, 7) is 8.11. The molecule has 25 heavy (non-hydrogen) atoms. The van der Waals surface area contributed by atoms with Crippen LogP contribution in [0.3, 0.4) is 0 Å². The van der Waals surface area contributed by atoms with Gasteiger partial charge in [-0.2, -0.15) is 0 Å². The number of rotatable bonds is 5. The number of aliphatic hydroxyl groups is 1. The summed E-state index contributed by atoms with van der Waals surface area (Å²) < 4.78 is 11.4. The van der Waals surface area contributed by atoms with Gasteiger partial charge in [-0.15, -0.1) is 0 Å². The Morgan fingerprint density at radius 1 is 1.40 bits per heavy atom. The van der Waals surface area contributed by atoms with E-state index in [0.717, 1.165) is 23.1 Å². The van der Waals surface area contributed by atoms with E-state index in [1.807, 2.05) is 18.2 Å². The lowest BCUT2D eigenvalue weighted by Gasteiger charge is -2.34. The summed E-state index contributed by atoms with van der Waals surface area (Å²) in [5.74, 6) is 5.58. The van der Waals surface area contributed by atoms with Gasteiger partial charge in [-0.3, -0.25) is 0 Å². The second-order valence-electron chi connectivity index (χ2n) is 6.91. The zero-order chi connectivity index (χ0) is 18.3. The highest BCUT2D eigenvalue weighted by Gasteiger charge is 2.27. The molecular formula is C20H28N2O3. The van der Waals surface area contributed by atoms with Gasteiger partial charge >= 0.3 is 0 Å². The van der Waals surface area contributed by atoms with Crippen LogP contribution in [0.15, 0.2) is 24.4 Å². The third kappa shape index (κ3) is 5.79. The molecule has 0 atom stereocenters. The van der Waals surface area contributed by atoms with Crippen LogP contribution in [0.1, 0.15) is 37.5 Å². The van der Waals surface area contributed by atoms with Gasteiger partial charge in [0.25, 0.3) is 0 Å². The maximum absolute atomic E-state index is 8.80. The fourth-order valence-corrected chi connectivity index (χ4v) is 2.57. The Morgan fingerprint density at radius 2 is 2.12 bits per heavy atom. The maximum Gasteiger partial charge on any atom is 0.174 e. The van der Waals surface area contributed by atoms with Crippen LogP contribution < -0.4 is 11.1 Å². The summed E-state index contributed by atoms with van der Waals surface area (Å²) in [7, 11) is 0. The lowest BCUT2D eigenvalue weighted by Crippen LogP contribution is -2.41. The SMILES string of the molecule is CCc1cc(C#CCO)ccc1/C(N)=C/NCC1OCC(C)(C)CO1. The molecule has 4 N–H and O–H groups in total. The Balaban J connectivity index is 1.97. The van der Waals surface area contributed by atoms with E-state index in [-0.39, 0.29) is 18.3 Å². The molecule has 1 aromatic carbocycles. The Bertz CT molecular complexity index is 661. The maximum atomic E-state index is 8.80. The van der Waals surface area contributed by atoms with Crippen molar-refractivity contribution in [1.29, 1.82) is 0 Å². The van der Waals surface area contributed by atoms with Gasteiger partial charge in [-0.25, -0.2) is 0 Å². The highest BCUT2D eigenvalue weighted by Crippen LogP contribution is 2.22. The van der Waals surface area contributed by atoms with Gasteiger partial charge in [0.05, 0.1) is 25.5 Å². The molecule has 0 aromatic heterocycles. The Morgan fingerprint density at radius 3 is 2.76 bits per heavy atom. The number of aliphatic hydroxyl groups excluding tert-OH is 1. The van der Waals surface area contributed by atoms with E-state index in [9.17, 15) is 0 Å².